The Labute approximate surface area is 133 Å². The summed E-state index contributed by atoms with van der Waals surface area (Å²) in [6.07, 6.45) is 5.94. The van der Waals surface area contributed by atoms with Gasteiger partial charge >= 0.3 is 0 Å². The summed E-state index contributed by atoms with van der Waals surface area (Å²) in [4.78, 5) is 13.4. The van der Waals surface area contributed by atoms with E-state index in [-0.39, 0.29) is 10.6 Å². The molecule has 0 saturated carbocycles. The Kier molecular flexibility index (Phi) is 4.17. The lowest BCUT2D eigenvalue weighted by molar-refractivity contribution is -0.384. The van der Waals surface area contributed by atoms with Crippen molar-refractivity contribution >= 4 is 27.3 Å². The van der Waals surface area contributed by atoms with Gasteiger partial charge in [-0.3, -0.25) is 10.1 Å². The van der Waals surface area contributed by atoms with E-state index >= 15 is 0 Å². The number of hydrogen-bond donors (Lipinski definition) is 1. The van der Waals surface area contributed by atoms with E-state index in [4.69, 9.17) is 0 Å². The summed E-state index contributed by atoms with van der Waals surface area (Å²) >= 11 is 3.30. The van der Waals surface area contributed by atoms with Crippen LogP contribution in [0.4, 0.5) is 11.4 Å². The van der Waals surface area contributed by atoms with Crippen LogP contribution in [0.25, 0.3) is 0 Å². The maximum atomic E-state index is 11.2. The Morgan fingerprint density at radius 3 is 2.62 bits per heavy atom. The number of fused-ring (bicyclic) bond motifs is 2. The highest BCUT2D eigenvalue weighted by Gasteiger charge is 2.36. The lowest BCUT2D eigenvalue weighted by Crippen LogP contribution is -2.52. The number of anilines is 1. The van der Waals surface area contributed by atoms with E-state index in [0.717, 1.165) is 17.3 Å². The largest absolute Gasteiger partial charge is 0.377 e. The molecule has 0 amide bonds. The molecule has 6 heteroatoms. The molecule has 2 fully saturated rings. The first kappa shape index (κ1) is 14.8. The average Bonchev–Trinajstić information content (AvgIpc) is 2.41. The molecule has 1 N–H and O–H groups in total. The molecule has 1 aromatic rings. The van der Waals surface area contributed by atoms with Crippen molar-refractivity contribution in [1.29, 1.82) is 0 Å². The number of rotatable bonds is 3. The first-order chi connectivity index (χ1) is 10.0. The Bertz CT molecular complexity index is 538. The molecule has 2 aliphatic rings. The van der Waals surface area contributed by atoms with Gasteiger partial charge in [-0.05, 0) is 44.9 Å². The van der Waals surface area contributed by atoms with Gasteiger partial charge in [-0.15, -0.1) is 0 Å². The van der Waals surface area contributed by atoms with Crippen LogP contribution < -0.4 is 5.32 Å². The molecule has 2 atom stereocenters. The van der Waals surface area contributed by atoms with Crippen molar-refractivity contribution in [1.82, 2.24) is 4.90 Å². The third kappa shape index (κ3) is 3.06. The molecule has 2 heterocycles. The van der Waals surface area contributed by atoms with Crippen molar-refractivity contribution in [3.8, 4) is 0 Å². The maximum Gasteiger partial charge on any atom is 0.293 e. The van der Waals surface area contributed by atoms with E-state index in [1.165, 1.54) is 19.3 Å². The fourth-order valence-electron chi connectivity index (χ4n) is 3.73. The lowest BCUT2D eigenvalue weighted by atomic mass is 9.82. The number of piperidine rings is 2. The molecule has 2 unspecified atom stereocenters. The molecule has 2 saturated heterocycles. The number of nitro groups is 1. The quantitative estimate of drug-likeness (QED) is 0.663. The molecular formula is C15H20BrN3O2. The van der Waals surface area contributed by atoms with E-state index in [9.17, 15) is 10.1 Å². The minimum atomic E-state index is -0.317. The van der Waals surface area contributed by atoms with Gasteiger partial charge in [0.15, 0.2) is 0 Å². The van der Waals surface area contributed by atoms with Crippen LogP contribution in [0.15, 0.2) is 22.7 Å². The Hall–Kier alpha value is -1.14. The Balaban J connectivity index is 1.77. The second-order valence-corrected chi connectivity index (χ2v) is 7.05. The normalized spacial score (nSPS) is 29.1. The zero-order valence-electron chi connectivity index (χ0n) is 12.1. The predicted molar refractivity (Wildman–Crippen MR) is 86.6 cm³/mol. The van der Waals surface area contributed by atoms with Crippen LogP contribution in [0.3, 0.4) is 0 Å². The fourth-order valence-corrected chi connectivity index (χ4v) is 4.08. The summed E-state index contributed by atoms with van der Waals surface area (Å²) in [5, 5.41) is 14.6. The van der Waals surface area contributed by atoms with Gasteiger partial charge in [-0.1, -0.05) is 22.4 Å². The zero-order valence-corrected chi connectivity index (χ0v) is 13.7. The van der Waals surface area contributed by atoms with Crippen LogP contribution in [-0.2, 0) is 0 Å². The summed E-state index contributed by atoms with van der Waals surface area (Å²) in [6, 6.07) is 6.78. The molecule has 21 heavy (non-hydrogen) atoms. The molecular weight excluding hydrogens is 334 g/mol. The van der Waals surface area contributed by atoms with Crippen LogP contribution >= 0.6 is 15.9 Å². The SMILES string of the molecule is CN1C2CCCC1CC(Nc1ccc(Br)cc1[N+](=O)[O-])C2. The number of nitro benzene ring substituents is 1. The third-order valence-corrected chi connectivity index (χ3v) is 5.35. The fraction of sp³-hybridized carbons (Fsp3) is 0.600. The van der Waals surface area contributed by atoms with Crippen molar-refractivity contribution in [2.75, 3.05) is 12.4 Å². The van der Waals surface area contributed by atoms with E-state index in [2.05, 4.69) is 33.2 Å². The van der Waals surface area contributed by atoms with Gasteiger partial charge in [0, 0.05) is 28.7 Å². The number of nitrogens with zero attached hydrogens (tertiary/aromatic N) is 2. The molecule has 3 rings (SSSR count). The maximum absolute atomic E-state index is 11.2. The summed E-state index contributed by atoms with van der Waals surface area (Å²) in [7, 11) is 2.22. The molecule has 2 bridgehead atoms. The topological polar surface area (TPSA) is 58.4 Å². The standard InChI is InChI=1S/C15H20BrN3O2/c1-18-12-3-2-4-13(18)9-11(8-12)17-14-6-5-10(16)7-15(14)19(20)21/h5-7,11-13,17H,2-4,8-9H2,1H3. The van der Waals surface area contributed by atoms with E-state index < -0.39 is 0 Å². The third-order valence-electron chi connectivity index (χ3n) is 4.86. The highest BCUT2D eigenvalue weighted by Crippen LogP contribution is 2.36. The van der Waals surface area contributed by atoms with Crippen molar-refractivity contribution in [3.63, 3.8) is 0 Å². The van der Waals surface area contributed by atoms with E-state index in [1.807, 2.05) is 6.07 Å². The highest BCUT2D eigenvalue weighted by atomic mass is 79.9. The van der Waals surface area contributed by atoms with Gasteiger partial charge in [0.1, 0.15) is 5.69 Å². The van der Waals surface area contributed by atoms with Gasteiger partial charge in [0.05, 0.1) is 4.92 Å². The second-order valence-electron chi connectivity index (χ2n) is 6.14. The number of benzene rings is 1. The summed E-state index contributed by atoms with van der Waals surface area (Å²) < 4.78 is 0.736. The minimum absolute atomic E-state index is 0.147. The molecule has 5 nitrogen and oxygen atoms in total. The van der Waals surface area contributed by atoms with Crippen molar-refractivity contribution < 1.29 is 4.92 Å². The van der Waals surface area contributed by atoms with Crippen LogP contribution in [0.2, 0.25) is 0 Å². The van der Waals surface area contributed by atoms with Gasteiger partial charge in [0.25, 0.3) is 5.69 Å². The summed E-state index contributed by atoms with van der Waals surface area (Å²) in [6.45, 7) is 0. The summed E-state index contributed by atoms with van der Waals surface area (Å²) in [5.41, 5.74) is 0.782. The van der Waals surface area contributed by atoms with Gasteiger partial charge < -0.3 is 10.2 Å². The van der Waals surface area contributed by atoms with Crippen molar-refractivity contribution in [2.24, 2.45) is 0 Å². The van der Waals surface area contributed by atoms with Gasteiger partial charge in [-0.2, -0.15) is 0 Å². The van der Waals surface area contributed by atoms with Crippen LogP contribution in [0, 0.1) is 10.1 Å². The smallest absolute Gasteiger partial charge is 0.293 e. The number of hydrogen-bond acceptors (Lipinski definition) is 4. The molecule has 0 aromatic heterocycles. The molecule has 0 radical (unpaired) electrons. The molecule has 114 valence electrons. The number of halogens is 1. The average molecular weight is 354 g/mol. The second kappa shape index (κ2) is 5.93. The molecule has 0 spiro atoms. The Morgan fingerprint density at radius 1 is 1.33 bits per heavy atom. The van der Waals surface area contributed by atoms with Crippen LogP contribution in [-0.4, -0.2) is 35.0 Å². The lowest BCUT2D eigenvalue weighted by Gasteiger charge is -2.47. The van der Waals surface area contributed by atoms with Crippen molar-refractivity contribution in [2.45, 2.75) is 50.2 Å². The Morgan fingerprint density at radius 2 is 2.00 bits per heavy atom. The van der Waals surface area contributed by atoms with Gasteiger partial charge in [0.2, 0.25) is 0 Å². The van der Waals surface area contributed by atoms with Gasteiger partial charge in [-0.25, -0.2) is 0 Å². The van der Waals surface area contributed by atoms with Crippen LogP contribution in [0.5, 0.6) is 0 Å². The monoisotopic (exact) mass is 353 g/mol. The minimum Gasteiger partial charge on any atom is -0.377 e. The first-order valence-corrected chi connectivity index (χ1v) is 8.26. The first-order valence-electron chi connectivity index (χ1n) is 7.47. The summed E-state index contributed by atoms with van der Waals surface area (Å²) in [5.74, 6) is 0. The molecule has 1 aromatic carbocycles. The predicted octanol–water partition coefficient (Wildman–Crippen LogP) is 3.78. The van der Waals surface area contributed by atoms with E-state index in [0.29, 0.717) is 23.8 Å². The zero-order chi connectivity index (χ0) is 15.0. The highest BCUT2D eigenvalue weighted by molar-refractivity contribution is 9.10. The molecule has 2 aliphatic heterocycles. The van der Waals surface area contributed by atoms with Crippen molar-refractivity contribution in [3.05, 3.63) is 32.8 Å². The number of nitrogens with one attached hydrogen (secondary N) is 1. The van der Waals surface area contributed by atoms with E-state index in [1.54, 1.807) is 12.1 Å². The van der Waals surface area contributed by atoms with Crippen LogP contribution in [0.1, 0.15) is 32.1 Å². The molecule has 0 aliphatic carbocycles.